The van der Waals surface area contributed by atoms with Crippen LogP contribution in [-0.4, -0.2) is 23.6 Å². The third-order valence-electron chi connectivity index (χ3n) is 5.95. The molecule has 0 bridgehead atoms. The molecule has 0 aliphatic carbocycles. The van der Waals surface area contributed by atoms with Crippen molar-refractivity contribution in [1.29, 1.82) is 0 Å². The van der Waals surface area contributed by atoms with Crippen LogP contribution >= 0.6 is 0 Å². The van der Waals surface area contributed by atoms with Crippen molar-refractivity contribution in [2.75, 3.05) is 10.6 Å². The second-order valence-electron chi connectivity index (χ2n) is 9.36. The Morgan fingerprint density at radius 3 is 1.12 bits per heavy atom. The van der Waals surface area contributed by atoms with Gasteiger partial charge in [0.1, 0.15) is 11.4 Å². The first-order valence-electron chi connectivity index (χ1n) is 13.2. The van der Waals surface area contributed by atoms with Gasteiger partial charge in [0.05, 0.1) is 0 Å². The Balaban J connectivity index is 1.42. The van der Waals surface area contributed by atoms with Crippen LogP contribution in [0.4, 0.5) is 11.4 Å². The van der Waals surface area contributed by atoms with Crippen LogP contribution in [0, 0.1) is 0 Å². The molecular formula is C34H30N4O4. The molecule has 0 aliphatic heterocycles. The largest absolute Gasteiger partial charge is 0.322 e. The number of rotatable bonds is 9. The minimum absolute atomic E-state index is 0.135. The Kier molecular flexibility index (Phi) is 9.77. The van der Waals surface area contributed by atoms with Gasteiger partial charge in [-0.1, -0.05) is 84.9 Å². The average Bonchev–Trinajstić information content (AvgIpc) is 2.98. The lowest BCUT2D eigenvalue weighted by Crippen LogP contribution is -2.28. The molecule has 0 unspecified atom stereocenters. The normalized spacial score (nSPS) is 11.3. The Bertz CT molecular complexity index is 1500. The molecule has 0 spiro atoms. The summed E-state index contributed by atoms with van der Waals surface area (Å²) in [5.74, 6) is -1.58. The van der Waals surface area contributed by atoms with Gasteiger partial charge in [0.15, 0.2) is 0 Å². The summed E-state index contributed by atoms with van der Waals surface area (Å²) < 4.78 is 0. The molecule has 4 aromatic rings. The quantitative estimate of drug-likeness (QED) is 0.201. The van der Waals surface area contributed by atoms with Crippen molar-refractivity contribution in [1.82, 2.24) is 10.6 Å². The van der Waals surface area contributed by atoms with Gasteiger partial charge in [-0.05, 0) is 58.7 Å². The molecule has 0 saturated heterocycles. The Hall–Kier alpha value is -5.76. The second kappa shape index (κ2) is 14.0. The molecule has 0 heterocycles. The number of anilines is 2. The maximum atomic E-state index is 12.9. The van der Waals surface area contributed by atoms with Gasteiger partial charge < -0.3 is 21.3 Å². The number of carbonyl (C=O) groups excluding carboxylic acids is 4. The molecule has 4 N–H and O–H groups in total. The molecular weight excluding hydrogens is 528 g/mol. The van der Waals surface area contributed by atoms with E-state index in [0.29, 0.717) is 11.4 Å². The molecule has 8 heteroatoms. The van der Waals surface area contributed by atoms with Crippen molar-refractivity contribution in [3.8, 4) is 11.1 Å². The summed E-state index contributed by atoms with van der Waals surface area (Å²) in [5.41, 5.74) is 4.76. The lowest BCUT2D eigenvalue weighted by molar-refractivity contribution is -0.120. The van der Waals surface area contributed by atoms with Gasteiger partial charge in [-0.2, -0.15) is 0 Å². The van der Waals surface area contributed by atoms with Crippen molar-refractivity contribution >= 4 is 47.2 Å². The van der Waals surface area contributed by atoms with Gasteiger partial charge in [0.25, 0.3) is 11.8 Å². The van der Waals surface area contributed by atoms with E-state index < -0.39 is 11.8 Å². The highest BCUT2D eigenvalue weighted by Gasteiger charge is 2.13. The predicted octanol–water partition coefficient (Wildman–Crippen LogP) is 5.59. The number of carbonyl (C=O) groups is 4. The van der Waals surface area contributed by atoms with Crippen LogP contribution in [0.2, 0.25) is 0 Å². The molecule has 4 aromatic carbocycles. The first-order valence-corrected chi connectivity index (χ1v) is 13.2. The van der Waals surface area contributed by atoms with Crippen molar-refractivity contribution in [3.63, 3.8) is 0 Å². The van der Waals surface area contributed by atoms with Crippen molar-refractivity contribution in [3.05, 3.63) is 132 Å². The van der Waals surface area contributed by atoms with Crippen molar-refractivity contribution in [2.45, 2.75) is 13.8 Å². The first kappa shape index (κ1) is 29.2. The smallest absolute Gasteiger partial charge is 0.272 e. The first-order chi connectivity index (χ1) is 20.3. The van der Waals surface area contributed by atoms with Gasteiger partial charge in [-0.25, -0.2) is 0 Å². The number of amides is 4. The maximum Gasteiger partial charge on any atom is 0.272 e. The van der Waals surface area contributed by atoms with E-state index in [-0.39, 0.29) is 23.2 Å². The summed E-state index contributed by atoms with van der Waals surface area (Å²) in [6.07, 6.45) is 3.23. The van der Waals surface area contributed by atoms with Gasteiger partial charge in [0, 0.05) is 25.2 Å². The van der Waals surface area contributed by atoms with E-state index >= 15 is 0 Å². The van der Waals surface area contributed by atoms with Crippen molar-refractivity contribution in [2.24, 2.45) is 0 Å². The summed E-state index contributed by atoms with van der Waals surface area (Å²) in [4.78, 5) is 49.1. The molecule has 42 heavy (non-hydrogen) atoms. The third-order valence-corrected chi connectivity index (χ3v) is 5.95. The predicted molar refractivity (Wildman–Crippen MR) is 166 cm³/mol. The molecule has 0 atom stereocenters. The average molecular weight is 559 g/mol. The van der Waals surface area contributed by atoms with E-state index in [4.69, 9.17) is 0 Å². The highest BCUT2D eigenvalue weighted by atomic mass is 16.2. The molecule has 8 nitrogen and oxygen atoms in total. The van der Waals surface area contributed by atoms with Gasteiger partial charge in [0.2, 0.25) is 11.8 Å². The standard InChI is InChI=1S/C34H30N4O4/c1-23(39)35-31(21-25-9-5-3-6-10-25)33(41)37-29-17-13-27(14-18-29)28-15-19-30(20-16-28)38-34(42)32(36-24(2)40)22-26-11-7-4-8-12-26/h3-22H,1-2H3,(H,35,39)(H,36,40)(H,37,41)(H,38,42). The fourth-order valence-electron chi connectivity index (χ4n) is 4.02. The molecule has 4 amide bonds. The lowest BCUT2D eigenvalue weighted by Gasteiger charge is -2.12. The van der Waals surface area contributed by atoms with Gasteiger partial charge in [-0.15, -0.1) is 0 Å². The van der Waals surface area contributed by atoms with E-state index in [0.717, 1.165) is 22.3 Å². The van der Waals surface area contributed by atoms with E-state index in [1.54, 1.807) is 36.4 Å². The summed E-state index contributed by atoms with van der Waals surface area (Å²) in [5, 5.41) is 10.8. The topological polar surface area (TPSA) is 116 Å². The number of hydrogen-bond acceptors (Lipinski definition) is 4. The summed E-state index contributed by atoms with van der Waals surface area (Å²) in [6.45, 7) is 2.70. The van der Waals surface area contributed by atoms with Gasteiger partial charge >= 0.3 is 0 Å². The molecule has 0 radical (unpaired) electrons. The summed E-state index contributed by atoms with van der Waals surface area (Å²) in [7, 11) is 0. The van der Waals surface area contributed by atoms with E-state index in [9.17, 15) is 19.2 Å². The van der Waals surface area contributed by atoms with Crippen LogP contribution in [0.1, 0.15) is 25.0 Å². The molecule has 0 aromatic heterocycles. The maximum absolute atomic E-state index is 12.9. The van der Waals surface area contributed by atoms with Crippen LogP contribution in [0.15, 0.2) is 121 Å². The molecule has 210 valence electrons. The zero-order valence-electron chi connectivity index (χ0n) is 23.2. The third kappa shape index (κ3) is 8.62. The zero-order chi connectivity index (χ0) is 29.9. The molecule has 0 aliphatic rings. The molecule has 4 rings (SSSR count). The number of benzene rings is 4. The van der Waals surface area contributed by atoms with Crippen molar-refractivity contribution < 1.29 is 19.2 Å². The monoisotopic (exact) mass is 558 g/mol. The van der Waals surface area contributed by atoms with Crippen LogP contribution in [-0.2, 0) is 19.2 Å². The Labute approximate surface area is 244 Å². The Morgan fingerprint density at radius 1 is 0.476 bits per heavy atom. The zero-order valence-corrected chi connectivity index (χ0v) is 23.2. The van der Waals surface area contributed by atoms with Crippen LogP contribution in [0.25, 0.3) is 23.3 Å². The van der Waals surface area contributed by atoms with E-state index in [2.05, 4.69) is 21.3 Å². The fraction of sp³-hybridized carbons (Fsp3) is 0.0588. The minimum atomic E-state index is -0.443. The van der Waals surface area contributed by atoms with Crippen LogP contribution in [0.3, 0.4) is 0 Å². The fourth-order valence-corrected chi connectivity index (χ4v) is 4.02. The molecule has 0 saturated carbocycles. The SMILES string of the molecule is CC(=O)NC(=Cc1ccccc1)C(=O)Nc1ccc(-c2ccc(NC(=O)C(=Cc3ccccc3)NC(C)=O)cc2)cc1. The van der Waals surface area contributed by atoms with E-state index in [1.165, 1.54) is 13.8 Å². The van der Waals surface area contributed by atoms with Crippen LogP contribution in [0.5, 0.6) is 0 Å². The lowest BCUT2D eigenvalue weighted by atomic mass is 10.0. The summed E-state index contributed by atoms with van der Waals surface area (Å²) >= 11 is 0. The highest BCUT2D eigenvalue weighted by molar-refractivity contribution is 6.09. The number of nitrogens with one attached hydrogen (secondary N) is 4. The second-order valence-corrected chi connectivity index (χ2v) is 9.36. The number of hydrogen-bond donors (Lipinski definition) is 4. The Morgan fingerprint density at radius 2 is 0.810 bits per heavy atom. The molecule has 0 fully saturated rings. The van der Waals surface area contributed by atoms with E-state index in [1.807, 2.05) is 84.9 Å². The van der Waals surface area contributed by atoms with Gasteiger partial charge in [-0.3, -0.25) is 19.2 Å². The van der Waals surface area contributed by atoms with Crippen LogP contribution < -0.4 is 21.3 Å². The highest BCUT2D eigenvalue weighted by Crippen LogP contribution is 2.24. The minimum Gasteiger partial charge on any atom is -0.322 e. The summed E-state index contributed by atoms with van der Waals surface area (Å²) in [6, 6.07) is 33.0.